The summed E-state index contributed by atoms with van der Waals surface area (Å²) in [6, 6.07) is 6.43. The van der Waals surface area contributed by atoms with Crippen LogP contribution in [0.5, 0.6) is 0 Å². The molecule has 1 aromatic carbocycles. The number of benzene rings is 1. The highest BCUT2D eigenvalue weighted by Gasteiger charge is 2.13. The van der Waals surface area contributed by atoms with E-state index in [0.29, 0.717) is 17.9 Å². The van der Waals surface area contributed by atoms with Gasteiger partial charge < -0.3 is 15.8 Å². The Morgan fingerprint density at radius 1 is 1.25 bits per heavy atom. The van der Waals surface area contributed by atoms with Crippen molar-refractivity contribution in [2.45, 2.75) is 33.2 Å². The second kappa shape index (κ2) is 7.65. The van der Waals surface area contributed by atoms with Crippen LogP contribution in [0.3, 0.4) is 0 Å². The van der Waals surface area contributed by atoms with Crippen LogP contribution in [0.25, 0.3) is 0 Å². The van der Waals surface area contributed by atoms with Crippen molar-refractivity contribution < 1.29 is 14.3 Å². The number of amides is 1. The van der Waals surface area contributed by atoms with Crippen LogP contribution in [0.15, 0.2) is 24.3 Å². The molecule has 5 heteroatoms. The van der Waals surface area contributed by atoms with Gasteiger partial charge in [-0.05, 0) is 37.1 Å². The molecule has 3 N–H and O–H groups in total. The lowest BCUT2D eigenvalue weighted by atomic mass is 10.0. The lowest BCUT2D eigenvalue weighted by Crippen LogP contribution is -2.31. The van der Waals surface area contributed by atoms with Crippen molar-refractivity contribution in [3.05, 3.63) is 29.8 Å². The molecule has 1 amide bonds. The second-order valence-electron chi connectivity index (χ2n) is 4.96. The van der Waals surface area contributed by atoms with Crippen molar-refractivity contribution in [3.63, 3.8) is 0 Å². The number of anilines is 1. The number of esters is 1. The van der Waals surface area contributed by atoms with Gasteiger partial charge in [-0.1, -0.05) is 13.8 Å². The molecule has 0 aliphatic rings. The molecule has 0 aliphatic heterocycles. The summed E-state index contributed by atoms with van der Waals surface area (Å²) in [5.41, 5.74) is 6.95. The van der Waals surface area contributed by atoms with Crippen molar-refractivity contribution in [2.24, 2.45) is 11.7 Å². The molecule has 1 unspecified atom stereocenters. The van der Waals surface area contributed by atoms with E-state index in [2.05, 4.69) is 5.32 Å². The molecular weight excluding hydrogens is 256 g/mol. The first-order valence-corrected chi connectivity index (χ1v) is 6.76. The Morgan fingerprint density at radius 3 is 2.35 bits per heavy atom. The van der Waals surface area contributed by atoms with Crippen molar-refractivity contribution in [2.75, 3.05) is 11.9 Å². The largest absolute Gasteiger partial charge is 0.462 e. The van der Waals surface area contributed by atoms with E-state index in [1.807, 2.05) is 13.8 Å². The fourth-order valence-corrected chi connectivity index (χ4v) is 1.57. The number of hydrogen-bond donors (Lipinski definition) is 2. The van der Waals surface area contributed by atoms with E-state index in [9.17, 15) is 9.59 Å². The third kappa shape index (κ3) is 5.01. The molecule has 0 radical (unpaired) electrons. The minimum atomic E-state index is -0.368. The summed E-state index contributed by atoms with van der Waals surface area (Å²) in [7, 11) is 0. The summed E-state index contributed by atoms with van der Waals surface area (Å²) in [5, 5.41) is 2.75. The third-order valence-electron chi connectivity index (χ3n) is 2.96. The van der Waals surface area contributed by atoms with Gasteiger partial charge in [-0.3, -0.25) is 4.79 Å². The van der Waals surface area contributed by atoms with E-state index in [1.54, 1.807) is 31.2 Å². The van der Waals surface area contributed by atoms with Crippen molar-refractivity contribution in [1.29, 1.82) is 0 Å². The maximum Gasteiger partial charge on any atom is 0.338 e. The molecule has 0 aromatic heterocycles. The highest BCUT2D eigenvalue weighted by atomic mass is 16.5. The normalized spacial score (nSPS) is 12.1. The van der Waals surface area contributed by atoms with Gasteiger partial charge in [-0.25, -0.2) is 4.79 Å². The average molecular weight is 278 g/mol. The highest BCUT2D eigenvalue weighted by Crippen LogP contribution is 2.12. The monoisotopic (exact) mass is 278 g/mol. The van der Waals surface area contributed by atoms with Crippen LogP contribution >= 0.6 is 0 Å². The second-order valence-corrected chi connectivity index (χ2v) is 4.96. The zero-order valence-electron chi connectivity index (χ0n) is 12.2. The summed E-state index contributed by atoms with van der Waals surface area (Å²) >= 11 is 0. The van der Waals surface area contributed by atoms with Gasteiger partial charge in [0.2, 0.25) is 5.91 Å². The Morgan fingerprint density at radius 2 is 1.85 bits per heavy atom. The predicted octanol–water partition coefficient (Wildman–Crippen LogP) is 2.18. The summed E-state index contributed by atoms with van der Waals surface area (Å²) in [5.74, 6) is -0.241. The average Bonchev–Trinajstić information content (AvgIpc) is 2.39. The minimum absolute atomic E-state index is 0.130. The lowest BCUT2D eigenvalue weighted by Gasteiger charge is -2.15. The predicted molar refractivity (Wildman–Crippen MR) is 78.5 cm³/mol. The number of carbonyl (C=O) groups is 2. The van der Waals surface area contributed by atoms with Gasteiger partial charge in [-0.2, -0.15) is 0 Å². The highest BCUT2D eigenvalue weighted by molar-refractivity contribution is 5.93. The van der Waals surface area contributed by atoms with Gasteiger partial charge in [0, 0.05) is 18.2 Å². The molecule has 1 rings (SSSR count). The zero-order valence-corrected chi connectivity index (χ0v) is 12.2. The van der Waals surface area contributed by atoms with Gasteiger partial charge in [0.05, 0.1) is 12.2 Å². The molecular formula is C15H22N2O3. The van der Waals surface area contributed by atoms with Crippen LogP contribution in [0, 0.1) is 5.92 Å². The van der Waals surface area contributed by atoms with Gasteiger partial charge in [0.1, 0.15) is 0 Å². The zero-order chi connectivity index (χ0) is 15.1. The van der Waals surface area contributed by atoms with Gasteiger partial charge in [-0.15, -0.1) is 0 Å². The smallest absolute Gasteiger partial charge is 0.338 e. The number of hydrogen-bond acceptors (Lipinski definition) is 4. The van der Waals surface area contributed by atoms with Gasteiger partial charge in [0.25, 0.3) is 0 Å². The van der Waals surface area contributed by atoms with E-state index in [1.165, 1.54) is 0 Å². The van der Waals surface area contributed by atoms with Crippen LogP contribution in [-0.2, 0) is 9.53 Å². The molecule has 0 bridgehead atoms. The molecule has 0 fully saturated rings. The molecule has 1 aromatic rings. The topological polar surface area (TPSA) is 81.4 Å². The van der Waals surface area contributed by atoms with E-state index in [4.69, 9.17) is 10.5 Å². The van der Waals surface area contributed by atoms with Gasteiger partial charge >= 0.3 is 5.97 Å². The summed E-state index contributed by atoms with van der Waals surface area (Å²) < 4.78 is 4.89. The fraction of sp³-hybridized carbons (Fsp3) is 0.467. The summed E-state index contributed by atoms with van der Waals surface area (Å²) in [4.78, 5) is 23.2. The lowest BCUT2D eigenvalue weighted by molar-refractivity contribution is -0.116. The van der Waals surface area contributed by atoms with Crippen molar-refractivity contribution >= 4 is 17.6 Å². The summed E-state index contributed by atoms with van der Waals surface area (Å²) in [6.45, 7) is 6.05. The van der Waals surface area contributed by atoms with Crippen LogP contribution in [0.1, 0.15) is 37.6 Å². The van der Waals surface area contributed by atoms with E-state index in [-0.39, 0.29) is 30.3 Å². The Labute approximate surface area is 119 Å². The van der Waals surface area contributed by atoms with Crippen LogP contribution in [0.4, 0.5) is 5.69 Å². The fourth-order valence-electron chi connectivity index (χ4n) is 1.57. The SMILES string of the molecule is CCOC(=O)c1ccc(NC(=O)CC(N)C(C)C)cc1. The first-order valence-electron chi connectivity index (χ1n) is 6.76. The molecule has 0 saturated heterocycles. The Balaban J connectivity index is 2.57. The molecule has 0 saturated carbocycles. The molecule has 20 heavy (non-hydrogen) atoms. The molecule has 5 nitrogen and oxygen atoms in total. The quantitative estimate of drug-likeness (QED) is 0.781. The number of nitrogens with two attached hydrogens (primary N) is 1. The number of rotatable bonds is 6. The Hall–Kier alpha value is -1.88. The molecule has 110 valence electrons. The van der Waals surface area contributed by atoms with E-state index >= 15 is 0 Å². The van der Waals surface area contributed by atoms with Crippen molar-refractivity contribution in [3.8, 4) is 0 Å². The maximum atomic E-state index is 11.8. The van der Waals surface area contributed by atoms with E-state index < -0.39 is 0 Å². The Bertz CT molecular complexity index is 455. The third-order valence-corrected chi connectivity index (χ3v) is 2.96. The van der Waals surface area contributed by atoms with Gasteiger partial charge in [0.15, 0.2) is 0 Å². The molecule has 0 aliphatic carbocycles. The van der Waals surface area contributed by atoms with Crippen molar-refractivity contribution in [1.82, 2.24) is 0 Å². The summed E-state index contributed by atoms with van der Waals surface area (Å²) in [6.07, 6.45) is 0.275. The van der Waals surface area contributed by atoms with Crippen LogP contribution in [0.2, 0.25) is 0 Å². The maximum absolute atomic E-state index is 11.8. The van der Waals surface area contributed by atoms with E-state index in [0.717, 1.165) is 0 Å². The van der Waals surface area contributed by atoms with Crippen LogP contribution in [-0.4, -0.2) is 24.5 Å². The standard InChI is InChI=1S/C15H22N2O3/c1-4-20-15(19)11-5-7-12(8-6-11)17-14(18)9-13(16)10(2)3/h5-8,10,13H,4,9,16H2,1-3H3,(H,17,18). The minimum Gasteiger partial charge on any atom is -0.462 e. The first kappa shape index (κ1) is 16.2. The number of ether oxygens (including phenoxy) is 1. The Kier molecular flexibility index (Phi) is 6.18. The molecule has 0 spiro atoms. The molecule has 0 heterocycles. The van der Waals surface area contributed by atoms with Crippen LogP contribution < -0.4 is 11.1 Å². The number of nitrogens with one attached hydrogen (secondary N) is 1. The number of carbonyl (C=O) groups excluding carboxylic acids is 2. The molecule has 1 atom stereocenters. The first-order chi connectivity index (χ1) is 9.43.